The SMILES string of the molecule is Cc1ccc(COCC2CCCC(OC3Cc4ccccc4C3N3C(=O)c4ccccc4C3=O)O2)cc1. The highest BCUT2D eigenvalue weighted by Gasteiger charge is 2.48. The summed E-state index contributed by atoms with van der Waals surface area (Å²) in [5, 5.41) is 0. The van der Waals surface area contributed by atoms with Crippen LogP contribution in [-0.2, 0) is 27.2 Å². The van der Waals surface area contributed by atoms with Gasteiger partial charge in [-0.2, -0.15) is 0 Å². The number of carbonyl (C=O) groups is 2. The smallest absolute Gasteiger partial charge is 0.262 e. The van der Waals surface area contributed by atoms with E-state index in [1.165, 1.54) is 10.5 Å². The molecule has 3 aliphatic rings. The lowest BCUT2D eigenvalue weighted by molar-refractivity contribution is -0.229. The number of imide groups is 1. The second-order valence-electron chi connectivity index (χ2n) is 10.2. The number of amides is 2. The number of aryl methyl sites for hydroxylation is 1. The van der Waals surface area contributed by atoms with E-state index in [2.05, 4.69) is 31.2 Å². The molecule has 0 N–H and O–H groups in total. The maximum absolute atomic E-state index is 13.3. The van der Waals surface area contributed by atoms with Crippen molar-refractivity contribution in [1.29, 1.82) is 0 Å². The highest BCUT2D eigenvalue weighted by atomic mass is 16.7. The van der Waals surface area contributed by atoms with Crippen LogP contribution in [0.3, 0.4) is 0 Å². The molecule has 37 heavy (non-hydrogen) atoms. The van der Waals surface area contributed by atoms with Gasteiger partial charge in [-0.05, 0) is 55.0 Å². The highest BCUT2D eigenvalue weighted by molar-refractivity contribution is 6.21. The Balaban J connectivity index is 1.14. The number of carbonyl (C=O) groups excluding carboxylic acids is 2. The molecule has 6 rings (SSSR count). The number of benzene rings is 3. The van der Waals surface area contributed by atoms with Gasteiger partial charge in [-0.15, -0.1) is 0 Å². The lowest BCUT2D eigenvalue weighted by Gasteiger charge is -2.35. The number of nitrogens with zero attached hydrogens (tertiary/aromatic N) is 1. The van der Waals surface area contributed by atoms with Crippen LogP contribution in [0.1, 0.15) is 68.3 Å². The highest BCUT2D eigenvalue weighted by Crippen LogP contribution is 2.42. The lowest BCUT2D eigenvalue weighted by Crippen LogP contribution is -2.42. The van der Waals surface area contributed by atoms with E-state index >= 15 is 0 Å². The Hall–Kier alpha value is -3.32. The molecule has 1 saturated heterocycles. The zero-order chi connectivity index (χ0) is 25.4. The standard InChI is InChI=1S/C31H31NO5/c1-20-13-15-21(16-14-20)18-35-19-23-8-6-12-28(36-23)37-27-17-22-7-2-3-9-24(22)29(27)32-30(33)25-10-4-5-11-26(25)31(32)34/h2-5,7,9-11,13-16,23,27-29H,6,8,12,17-19H2,1H3. The molecule has 3 aromatic carbocycles. The molecule has 190 valence electrons. The van der Waals surface area contributed by atoms with E-state index in [0.29, 0.717) is 30.8 Å². The van der Waals surface area contributed by atoms with Crippen LogP contribution in [0.2, 0.25) is 0 Å². The van der Waals surface area contributed by atoms with Crippen LogP contribution in [0.25, 0.3) is 0 Å². The van der Waals surface area contributed by atoms with Gasteiger partial charge in [-0.3, -0.25) is 14.5 Å². The van der Waals surface area contributed by atoms with Gasteiger partial charge in [0, 0.05) is 6.42 Å². The Kier molecular flexibility index (Phi) is 6.63. The minimum atomic E-state index is -0.481. The first-order valence-corrected chi connectivity index (χ1v) is 13.1. The largest absolute Gasteiger partial charge is 0.374 e. The van der Waals surface area contributed by atoms with Crippen LogP contribution in [0.5, 0.6) is 0 Å². The average Bonchev–Trinajstić information content (AvgIpc) is 3.39. The van der Waals surface area contributed by atoms with E-state index in [9.17, 15) is 9.59 Å². The van der Waals surface area contributed by atoms with Gasteiger partial charge in [-0.1, -0.05) is 66.2 Å². The molecule has 1 aliphatic carbocycles. The number of fused-ring (bicyclic) bond motifs is 2. The monoisotopic (exact) mass is 497 g/mol. The molecule has 4 atom stereocenters. The van der Waals surface area contributed by atoms with Crippen LogP contribution in [-0.4, -0.2) is 41.8 Å². The van der Waals surface area contributed by atoms with E-state index in [4.69, 9.17) is 14.2 Å². The van der Waals surface area contributed by atoms with Crippen LogP contribution >= 0.6 is 0 Å². The first-order valence-electron chi connectivity index (χ1n) is 13.1. The maximum atomic E-state index is 13.3. The Morgan fingerprint density at radius 1 is 0.892 bits per heavy atom. The van der Waals surface area contributed by atoms with E-state index in [0.717, 1.165) is 36.0 Å². The van der Waals surface area contributed by atoms with Gasteiger partial charge in [0.15, 0.2) is 6.29 Å². The third-order valence-electron chi connectivity index (χ3n) is 7.58. The molecule has 3 aromatic rings. The van der Waals surface area contributed by atoms with Crippen molar-refractivity contribution in [3.05, 3.63) is 106 Å². The topological polar surface area (TPSA) is 65.1 Å². The number of hydrogen-bond acceptors (Lipinski definition) is 5. The summed E-state index contributed by atoms with van der Waals surface area (Å²) in [6, 6.07) is 22.9. The molecule has 0 bridgehead atoms. The fourth-order valence-corrected chi connectivity index (χ4v) is 5.70. The molecule has 2 amide bonds. The molecule has 1 fully saturated rings. The molecule has 0 aromatic heterocycles. The van der Waals surface area contributed by atoms with Crippen molar-refractivity contribution in [1.82, 2.24) is 4.90 Å². The predicted molar refractivity (Wildman–Crippen MR) is 138 cm³/mol. The molecular formula is C31H31NO5. The van der Waals surface area contributed by atoms with Crippen molar-refractivity contribution in [2.75, 3.05) is 6.61 Å². The molecule has 0 spiro atoms. The summed E-state index contributed by atoms with van der Waals surface area (Å²) in [5.41, 5.74) is 5.35. The Morgan fingerprint density at radius 3 is 2.35 bits per heavy atom. The van der Waals surface area contributed by atoms with E-state index in [-0.39, 0.29) is 24.0 Å². The normalized spacial score (nSPS) is 24.8. The van der Waals surface area contributed by atoms with Gasteiger partial charge in [0.1, 0.15) is 0 Å². The Morgan fingerprint density at radius 2 is 1.59 bits per heavy atom. The zero-order valence-electron chi connectivity index (χ0n) is 21.0. The molecule has 6 nitrogen and oxygen atoms in total. The van der Waals surface area contributed by atoms with Crippen LogP contribution in [0, 0.1) is 6.92 Å². The van der Waals surface area contributed by atoms with Crippen molar-refractivity contribution >= 4 is 11.8 Å². The fraction of sp³-hybridized carbons (Fsp3) is 0.355. The summed E-state index contributed by atoms with van der Waals surface area (Å²) in [6.07, 6.45) is 2.47. The van der Waals surface area contributed by atoms with Crippen molar-refractivity contribution in [3.8, 4) is 0 Å². The van der Waals surface area contributed by atoms with E-state index in [1.807, 2.05) is 24.3 Å². The van der Waals surface area contributed by atoms with Gasteiger partial charge in [0.05, 0.1) is 42.6 Å². The lowest BCUT2D eigenvalue weighted by atomic mass is 10.1. The maximum Gasteiger partial charge on any atom is 0.262 e. The minimum Gasteiger partial charge on any atom is -0.374 e. The fourth-order valence-electron chi connectivity index (χ4n) is 5.70. The third kappa shape index (κ3) is 4.73. The summed E-state index contributed by atoms with van der Waals surface area (Å²) < 4.78 is 18.8. The summed E-state index contributed by atoms with van der Waals surface area (Å²) in [5.74, 6) is -0.523. The van der Waals surface area contributed by atoms with Crippen LogP contribution in [0.4, 0.5) is 0 Å². The first-order chi connectivity index (χ1) is 18.1. The molecule has 0 radical (unpaired) electrons. The molecule has 2 aliphatic heterocycles. The van der Waals surface area contributed by atoms with E-state index < -0.39 is 12.3 Å². The average molecular weight is 498 g/mol. The van der Waals surface area contributed by atoms with Crippen LogP contribution in [0.15, 0.2) is 72.8 Å². The van der Waals surface area contributed by atoms with Crippen molar-refractivity contribution in [2.24, 2.45) is 0 Å². The first kappa shape index (κ1) is 24.0. The van der Waals surface area contributed by atoms with Gasteiger partial charge in [-0.25, -0.2) is 0 Å². The quantitative estimate of drug-likeness (QED) is 0.410. The van der Waals surface area contributed by atoms with Gasteiger partial charge in [0.25, 0.3) is 11.8 Å². The molecular weight excluding hydrogens is 466 g/mol. The number of ether oxygens (including phenoxy) is 3. The summed E-state index contributed by atoms with van der Waals surface area (Å²) in [7, 11) is 0. The second-order valence-corrected chi connectivity index (χ2v) is 10.2. The van der Waals surface area contributed by atoms with E-state index in [1.54, 1.807) is 24.3 Å². The Labute approximate surface area is 217 Å². The molecule has 0 saturated carbocycles. The molecule has 2 heterocycles. The molecule has 4 unspecified atom stereocenters. The summed E-state index contributed by atoms with van der Waals surface area (Å²) >= 11 is 0. The van der Waals surface area contributed by atoms with Gasteiger partial charge < -0.3 is 14.2 Å². The number of hydrogen-bond donors (Lipinski definition) is 0. The van der Waals surface area contributed by atoms with Crippen molar-refractivity contribution < 1.29 is 23.8 Å². The molecule has 6 heteroatoms. The van der Waals surface area contributed by atoms with Crippen molar-refractivity contribution in [3.63, 3.8) is 0 Å². The summed E-state index contributed by atoms with van der Waals surface area (Å²) in [4.78, 5) is 28.1. The number of rotatable bonds is 7. The Bertz CT molecular complexity index is 1270. The van der Waals surface area contributed by atoms with Gasteiger partial charge in [0.2, 0.25) is 0 Å². The summed E-state index contributed by atoms with van der Waals surface area (Å²) in [6.45, 7) is 3.12. The second kappa shape index (κ2) is 10.2. The predicted octanol–water partition coefficient (Wildman–Crippen LogP) is 5.39. The van der Waals surface area contributed by atoms with Crippen LogP contribution < -0.4 is 0 Å². The zero-order valence-corrected chi connectivity index (χ0v) is 21.0. The van der Waals surface area contributed by atoms with Crippen molar-refractivity contribution in [2.45, 2.75) is 63.8 Å². The minimum absolute atomic E-state index is 0.0502. The van der Waals surface area contributed by atoms with Gasteiger partial charge >= 0.3 is 0 Å². The third-order valence-corrected chi connectivity index (χ3v) is 7.58.